The summed E-state index contributed by atoms with van der Waals surface area (Å²) in [5, 5.41) is 13.8. The molecule has 0 saturated heterocycles. The summed E-state index contributed by atoms with van der Waals surface area (Å²) in [5.41, 5.74) is 3.24. The van der Waals surface area contributed by atoms with Crippen LogP contribution in [0.3, 0.4) is 0 Å². The minimum absolute atomic E-state index is 0.0956. The lowest BCUT2D eigenvalue weighted by Crippen LogP contribution is -1.96. The number of nitrogens with one attached hydrogen (secondary N) is 1. The molecule has 1 heterocycles. The van der Waals surface area contributed by atoms with Crippen LogP contribution in [-0.4, -0.2) is 27.9 Å². The molecule has 0 unspecified atom stereocenters. The Labute approximate surface area is 124 Å². The van der Waals surface area contributed by atoms with E-state index in [0.29, 0.717) is 23.9 Å². The highest BCUT2D eigenvalue weighted by molar-refractivity contribution is 9.10. The number of halogens is 1. The average molecular weight is 337 g/mol. The monoisotopic (exact) mass is 336 g/mol. The molecule has 1 aromatic heterocycles. The SMILES string of the molecule is CCOc1ccc(C=NNc2ncc(Br)cn2)c(O)c1. The van der Waals surface area contributed by atoms with E-state index >= 15 is 0 Å². The molecule has 104 valence electrons. The average Bonchev–Trinajstić information content (AvgIpc) is 2.44. The highest BCUT2D eigenvalue weighted by atomic mass is 79.9. The second kappa shape index (κ2) is 6.85. The highest BCUT2D eigenvalue weighted by Crippen LogP contribution is 2.22. The Morgan fingerprint density at radius 2 is 2.15 bits per heavy atom. The van der Waals surface area contributed by atoms with Crippen LogP contribution in [0.2, 0.25) is 0 Å². The lowest BCUT2D eigenvalue weighted by Gasteiger charge is -2.04. The first-order valence-corrected chi connectivity index (χ1v) is 6.70. The van der Waals surface area contributed by atoms with E-state index in [4.69, 9.17) is 4.74 Å². The quantitative estimate of drug-likeness (QED) is 0.648. The van der Waals surface area contributed by atoms with E-state index in [1.807, 2.05) is 6.92 Å². The number of hydrogen-bond acceptors (Lipinski definition) is 6. The Morgan fingerprint density at radius 1 is 1.40 bits per heavy atom. The van der Waals surface area contributed by atoms with Crippen molar-refractivity contribution in [2.75, 3.05) is 12.0 Å². The standard InChI is InChI=1S/C13H13BrN4O2/c1-2-20-11-4-3-9(12(19)5-11)6-17-18-13-15-7-10(14)8-16-13/h3-8,19H,2H2,1H3,(H,15,16,18). The van der Waals surface area contributed by atoms with Gasteiger partial charge in [0.2, 0.25) is 5.95 Å². The van der Waals surface area contributed by atoms with Gasteiger partial charge in [0.25, 0.3) is 0 Å². The fourth-order valence-corrected chi connectivity index (χ4v) is 1.62. The zero-order valence-electron chi connectivity index (χ0n) is 10.7. The normalized spacial score (nSPS) is 10.7. The van der Waals surface area contributed by atoms with Gasteiger partial charge in [-0.25, -0.2) is 15.4 Å². The molecular formula is C13H13BrN4O2. The molecule has 2 N–H and O–H groups in total. The largest absolute Gasteiger partial charge is 0.507 e. The smallest absolute Gasteiger partial charge is 0.243 e. The molecule has 1 aromatic carbocycles. The van der Waals surface area contributed by atoms with E-state index in [2.05, 4.69) is 36.4 Å². The number of aromatic nitrogens is 2. The zero-order valence-corrected chi connectivity index (χ0v) is 12.3. The third-order valence-corrected chi connectivity index (χ3v) is 2.71. The van der Waals surface area contributed by atoms with E-state index < -0.39 is 0 Å². The van der Waals surface area contributed by atoms with Gasteiger partial charge in [-0.05, 0) is 35.0 Å². The van der Waals surface area contributed by atoms with Crippen molar-refractivity contribution in [1.29, 1.82) is 0 Å². The maximum Gasteiger partial charge on any atom is 0.243 e. The summed E-state index contributed by atoms with van der Waals surface area (Å²) in [6, 6.07) is 5.02. The van der Waals surface area contributed by atoms with Crippen molar-refractivity contribution < 1.29 is 9.84 Å². The Balaban J connectivity index is 2.02. The van der Waals surface area contributed by atoms with Crippen molar-refractivity contribution in [1.82, 2.24) is 9.97 Å². The number of aromatic hydroxyl groups is 1. The van der Waals surface area contributed by atoms with Gasteiger partial charge in [0, 0.05) is 24.0 Å². The number of anilines is 1. The number of rotatable bonds is 5. The Bertz CT molecular complexity index is 602. The Morgan fingerprint density at radius 3 is 2.80 bits per heavy atom. The predicted molar refractivity (Wildman–Crippen MR) is 80.2 cm³/mol. The summed E-state index contributed by atoms with van der Waals surface area (Å²) in [6.45, 7) is 2.43. The molecule has 0 radical (unpaired) electrons. The van der Waals surface area contributed by atoms with E-state index in [9.17, 15) is 5.11 Å². The number of phenols is 1. The van der Waals surface area contributed by atoms with Crippen molar-refractivity contribution in [3.8, 4) is 11.5 Å². The summed E-state index contributed by atoms with van der Waals surface area (Å²) in [4.78, 5) is 8.01. The summed E-state index contributed by atoms with van der Waals surface area (Å²) in [7, 11) is 0. The van der Waals surface area contributed by atoms with Gasteiger partial charge in [-0.3, -0.25) is 0 Å². The van der Waals surface area contributed by atoms with Gasteiger partial charge in [-0.1, -0.05) is 0 Å². The van der Waals surface area contributed by atoms with Crippen molar-refractivity contribution in [2.45, 2.75) is 6.92 Å². The number of hydrogen-bond donors (Lipinski definition) is 2. The van der Waals surface area contributed by atoms with Crippen molar-refractivity contribution in [2.24, 2.45) is 5.10 Å². The molecule has 0 aliphatic rings. The topological polar surface area (TPSA) is 79.6 Å². The van der Waals surface area contributed by atoms with E-state index in [1.54, 1.807) is 30.6 Å². The molecule has 0 spiro atoms. The maximum absolute atomic E-state index is 9.82. The van der Waals surface area contributed by atoms with Gasteiger partial charge in [-0.2, -0.15) is 5.10 Å². The van der Waals surface area contributed by atoms with Gasteiger partial charge in [0.15, 0.2) is 0 Å². The second-order valence-corrected chi connectivity index (χ2v) is 4.66. The van der Waals surface area contributed by atoms with Crippen LogP contribution in [0.25, 0.3) is 0 Å². The van der Waals surface area contributed by atoms with Gasteiger partial charge in [0.1, 0.15) is 11.5 Å². The van der Waals surface area contributed by atoms with Crippen molar-refractivity contribution in [3.05, 3.63) is 40.6 Å². The Hall–Kier alpha value is -2.15. The molecule has 7 heteroatoms. The number of nitrogens with zero attached hydrogens (tertiary/aromatic N) is 3. The third kappa shape index (κ3) is 3.92. The van der Waals surface area contributed by atoms with E-state index in [0.717, 1.165) is 4.47 Å². The van der Waals surface area contributed by atoms with Gasteiger partial charge in [0.05, 0.1) is 17.3 Å². The third-order valence-electron chi connectivity index (χ3n) is 2.30. The second-order valence-electron chi connectivity index (χ2n) is 3.75. The predicted octanol–water partition coefficient (Wildman–Crippen LogP) is 2.79. The van der Waals surface area contributed by atoms with Crippen molar-refractivity contribution >= 4 is 28.1 Å². The molecule has 20 heavy (non-hydrogen) atoms. The van der Waals surface area contributed by atoms with Crippen LogP contribution >= 0.6 is 15.9 Å². The number of phenolic OH excluding ortho intramolecular Hbond substituents is 1. The van der Waals surface area contributed by atoms with Crippen LogP contribution < -0.4 is 10.2 Å². The van der Waals surface area contributed by atoms with Gasteiger partial charge in [-0.15, -0.1) is 0 Å². The molecule has 0 saturated carbocycles. The minimum Gasteiger partial charge on any atom is -0.507 e. The summed E-state index contributed by atoms with van der Waals surface area (Å²) in [5.74, 6) is 1.08. The Kier molecular flexibility index (Phi) is 4.89. The van der Waals surface area contributed by atoms with Crippen LogP contribution in [-0.2, 0) is 0 Å². The van der Waals surface area contributed by atoms with Crippen LogP contribution in [0.15, 0.2) is 40.2 Å². The van der Waals surface area contributed by atoms with E-state index in [-0.39, 0.29) is 5.75 Å². The summed E-state index contributed by atoms with van der Waals surface area (Å²) in [6.07, 6.45) is 4.70. The molecule has 0 aliphatic carbocycles. The molecule has 0 bridgehead atoms. The van der Waals surface area contributed by atoms with Crippen LogP contribution in [0.1, 0.15) is 12.5 Å². The van der Waals surface area contributed by atoms with Crippen LogP contribution in [0, 0.1) is 0 Å². The molecule has 0 aliphatic heterocycles. The molecule has 2 rings (SSSR count). The van der Waals surface area contributed by atoms with Gasteiger partial charge < -0.3 is 9.84 Å². The zero-order chi connectivity index (χ0) is 14.4. The number of benzene rings is 1. The molecule has 0 atom stereocenters. The fourth-order valence-electron chi connectivity index (χ4n) is 1.42. The molecule has 6 nitrogen and oxygen atoms in total. The van der Waals surface area contributed by atoms with E-state index in [1.165, 1.54) is 6.21 Å². The lowest BCUT2D eigenvalue weighted by atomic mass is 10.2. The number of ether oxygens (including phenoxy) is 1. The molecule has 0 amide bonds. The summed E-state index contributed by atoms with van der Waals surface area (Å²) < 4.78 is 6.07. The number of hydrazone groups is 1. The molecule has 2 aromatic rings. The first-order valence-electron chi connectivity index (χ1n) is 5.91. The first-order chi connectivity index (χ1) is 9.69. The fraction of sp³-hybridized carbons (Fsp3) is 0.154. The van der Waals surface area contributed by atoms with Gasteiger partial charge >= 0.3 is 0 Å². The highest BCUT2D eigenvalue weighted by Gasteiger charge is 2.01. The summed E-state index contributed by atoms with van der Waals surface area (Å²) >= 11 is 3.24. The maximum atomic E-state index is 9.82. The minimum atomic E-state index is 0.0956. The molecular weight excluding hydrogens is 324 g/mol. The van der Waals surface area contributed by atoms with Crippen LogP contribution in [0.5, 0.6) is 11.5 Å². The van der Waals surface area contributed by atoms with Crippen LogP contribution in [0.4, 0.5) is 5.95 Å². The first kappa shape index (κ1) is 14.3. The van der Waals surface area contributed by atoms with Crippen molar-refractivity contribution in [3.63, 3.8) is 0 Å². The lowest BCUT2D eigenvalue weighted by molar-refractivity contribution is 0.337. The molecule has 0 fully saturated rings.